The summed E-state index contributed by atoms with van der Waals surface area (Å²) in [5, 5.41) is 3.42. The molecule has 166 valence electrons. The van der Waals surface area contributed by atoms with E-state index in [0.29, 0.717) is 25.4 Å². The lowest BCUT2D eigenvalue weighted by molar-refractivity contribution is -0.153. The molecule has 30 heavy (non-hydrogen) atoms. The Labute approximate surface area is 179 Å². The summed E-state index contributed by atoms with van der Waals surface area (Å²) in [6.07, 6.45) is 12.7. The molecule has 4 rings (SSSR count). The van der Waals surface area contributed by atoms with Gasteiger partial charge in [-0.05, 0) is 70.1 Å². The lowest BCUT2D eigenvalue weighted by Crippen LogP contribution is -2.63. The first-order chi connectivity index (χ1) is 14.5. The van der Waals surface area contributed by atoms with Gasteiger partial charge < -0.3 is 20.7 Å². The van der Waals surface area contributed by atoms with Crippen molar-refractivity contribution in [1.82, 2.24) is 15.1 Å². The number of carbonyl (C=O) groups is 2. The van der Waals surface area contributed by atoms with Gasteiger partial charge in [0, 0.05) is 20.2 Å². The van der Waals surface area contributed by atoms with E-state index in [9.17, 15) is 9.59 Å². The zero-order valence-corrected chi connectivity index (χ0v) is 18.1. The van der Waals surface area contributed by atoms with E-state index in [2.05, 4.69) is 16.3 Å². The average Bonchev–Trinajstić information content (AvgIpc) is 2.75. The number of allylic oxidation sites excluding steroid dienone is 3. The third-order valence-corrected chi connectivity index (χ3v) is 7.78. The standard InChI is InChI=1S/C23H36N4O3/c1-30-19-15-27(16-19)21(28)20(17-5-11-25-12-6-17)26-13-7-18(8-14-26)23(22(24)29)9-3-2-4-10-23/h2-4,9,17-20,25H,5-8,10-16H2,1H3,(H2,24,29). The summed E-state index contributed by atoms with van der Waals surface area (Å²) < 4.78 is 5.38. The molecule has 7 nitrogen and oxygen atoms in total. The molecule has 3 N–H and O–H groups in total. The van der Waals surface area contributed by atoms with Gasteiger partial charge in [-0.3, -0.25) is 14.5 Å². The van der Waals surface area contributed by atoms with Gasteiger partial charge in [0.1, 0.15) is 0 Å². The van der Waals surface area contributed by atoms with E-state index in [1.54, 1.807) is 7.11 Å². The quantitative estimate of drug-likeness (QED) is 0.672. The van der Waals surface area contributed by atoms with E-state index in [1.807, 2.05) is 23.1 Å². The minimum Gasteiger partial charge on any atom is -0.378 e. The summed E-state index contributed by atoms with van der Waals surface area (Å²) in [4.78, 5) is 30.2. The van der Waals surface area contributed by atoms with Crippen molar-refractivity contribution in [1.29, 1.82) is 0 Å². The first-order valence-electron chi connectivity index (χ1n) is 11.5. The highest BCUT2D eigenvalue weighted by molar-refractivity contribution is 5.84. The second-order valence-corrected chi connectivity index (χ2v) is 9.34. The Balaban J connectivity index is 1.45. The number of hydrogen-bond donors (Lipinski definition) is 2. The fourth-order valence-corrected chi connectivity index (χ4v) is 5.79. The molecule has 0 radical (unpaired) electrons. The molecule has 1 aliphatic carbocycles. The van der Waals surface area contributed by atoms with Gasteiger partial charge in [0.15, 0.2) is 0 Å². The first kappa shape index (κ1) is 21.5. The van der Waals surface area contributed by atoms with Crippen LogP contribution in [0.2, 0.25) is 0 Å². The maximum Gasteiger partial charge on any atom is 0.240 e. The van der Waals surface area contributed by atoms with Crippen molar-refractivity contribution in [3.8, 4) is 0 Å². The van der Waals surface area contributed by atoms with Crippen molar-refractivity contribution in [2.24, 2.45) is 23.0 Å². The zero-order valence-electron chi connectivity index (χ0n) is 18.1. The van der Waals surface area contributed by atoms with Crippen LogP contribution < -0.4 is 11.1 Å². The molecule has 3 saturated heterocycles. The summed E-state index contributed by atoms with van der Waals surface area (Å²) in [5.41, 5.74) is 5.30. The maximum absolute atomic E-state index is 13.5. The molecule has 0 aromatic heterocycles. The Morgan fingerprint density at radius 1 is 1.13 bits per heavy atom. The SMILES string of the molecule is COC1CN(C(=O)C(C2CCNCC2)N2CCC(C3(C(N)=O)C=CC=CC3)CC2)C1. The molecule has 3 heterocycles. The fraction of sp³-hybridized carbons (Fsp3) is 0.739. The molecular formula is C23H36N4O3. The molecular weight excluding hydrogens is 380 g/mol. The zero-order chi connectivity index (χ0) is 21.1. The Kier molecular flexibility index (Phi) is 6.60. The van der Waals surface area contributed by atoms with Gasteiger partial charge in [-0.2, -0.15) is 0 Å². The number of carbonyl (C=O) groups excluding carboxylic acids is 2. The van der Waals surface area contributed by atoms with Crippen LogP contribution in [-0.4, -0.2) is 80.1 Å². The highest BCUT2D eigenvalue weighted by Gasteiger charge is 2.46. The van der Waals surface area contributed by atoms with Crippen LogP contribution in [0.3, 0.4) is 0 Å². The van der Waals surface area contributed by atoms with E-state index in [4.69, 9.17) is 10.5 Å². The van der Waals surface area contributed by atoms with Crippen LogP contribution in [0.25, 0.3) is 0 Å². The highest BCUT2D eigenvalue weighted by atomic mass is 16.5. The van der Waals surface area contributed by atoms with E-state index < -0.39 is 5.41 Å². The number of piperidine rings is 2. The number of nitrogens with zero attached hydrogens (tertiary/aromatic N) is 2. The normalized spacial score (nSPS) is 30.2. The van der Waals surface area contributed by atoms with Gasteiger partial charge in [-0.1, -0.05) is 24.3 Å². The van der Waals surface area contributed by atoms with Crippen LogP contribution in [0.15, 0.2) is 24.3 Å². The first-order valence-corrected chi connectivity index (χ1v) is 11.5. The van der Waals surface area contributed by atoms with E-state index >= 15 is 0 Å². The topological polar surface area (TPSA) is 87.9 Å². The molecule has 0 spiro atoms. The van der Waals surface area contributed by atoms with Gasteiger partial charge in [0.2, 0.25) is 11.8 Å². The molecule has 0 saturated carbocycles. The van der Waals surface area contributed by atoms with Crippen molar-refractivity contribution in [2.45, 2.75) is 44.2 Å². The number of nitrogens with two attached hydrogens (primary N) is 1. The second kappa shape index (κ2) is 9.20. The number of nitrogens with one attached hydrogen (secondary N) is 1. The Bertz CT molecular complexity index is 689. The van der Waals surface area contributed by atoms with Crippen molar-refractivity contribution >= 4 is 11.8 Å². The predicted octanol–water partition coefficient (Wildman–Crippen LogP) is 0.912. The van der Waals surface area contributed by atoms with E-state index in [1.165, 1.54) is 0 Å². The van der Waals surface area contributed by atoms with Crippen molar-refractivity contribution in [3.63, 3.8) is 0 Å². The molecule has 2 atom stereocenters. The number of methoxy groups -OCH3 is 1. The molecule has 0 aromatic carbocycles. The molecule has 2 amide bonds. The average molecular weight is 417 g/mol. The number of hydrogen-bond acceptors (Lipinski definition) is 5. The highest BCUT2D eigenvalue weighted by Crippen LogP contribution is 2.42. The number of likely N-dealkylation sites (tertiary alicyclic amines) is 2. The van der Waals surface area contributed by atoms with Gasteiger partial charge in [0.25, 0.3) is 0 Å². The van der Waals surface area contributed by atoms with Crippen molar-refractivity contribution in [2.75, 3.05) is 46.4 Å². The van der Waals surface area contributed by atoms with Crippen LogP contribution in [0.1, 0.15) is 32.1 Å². The van der Waals surface area contributed by atoms with Gasteiger partial charge in [-0.15, -0.1) is 0 Å². The molecule has 2 unspecified atom stereocenters. The fourth-order valence-electron chi connectivity index (χ4n) is 5.79. The Hall–Kier alpha value is -1.70. The van der Waals surface area contributed by atoms with Crippen LogP contribution >= 0.6 is 0 Å². The van der Waals surface area contributed by atoms with Crippen molar-refractivity contribution in [3.05, 3.63) is 24.3 Å². The van der Waals surface area contributed by atoms with Gasteiger partial charge in [0.05, 0.1) is 17.6 Å². The van der Waals surface area contributed by atoms with Crippen LogP contribution in [0, 0.1) is 17.3 Å². The largest absolute Gasteiger partial charge is 0.378 e. The van der Waals surface area contributed by atoms with Crippen LogP contribution in [0.5, 0.6) is 0 Å². The molecule has 3 aliphatic heterocycles. The predicted molar refractivity (Wildman–Crippen MR) is 116 cm³/mol. The summed E-state index contributed by atoms with van der Waals surface area (Å²) in [5.74, 6) is 0.662. The Morgan fingerprint density at radius 2 is 1.83 bits per heavy atom. The molecule has 3 fully saturated rings. The molecule has 0 aromatic rings. The summed E-state index contributed by atoms with van der Waals surface area (Å²) in [6, 6.07) is -0.0582. The lowest BCUT2D eigenvalue weighted by Gasteiger charge is -2.48. The molecule has 7 heteroatoms. The third-order valence-electron chi connectivity index (χ3n) is 7.78. The minimum absolute atomic E-state index is 0.0582. The number of ether oxygens (including phenoxy) is 1. The third kappa shape index (κ3) is 4.07. The van der Waals surface area contributed by atoms with Gasteiger partial charge >= 0.3 is 0 Å². The molecule has 0 bridgehead atoms. The smallest absolute Gasteiger partial charge is 0.240 e. The van der Waals surface area contributed by atoms with Gasteiger partial charge in [-0.25, -0.2) is 0 Å². The van der Waals surface area contributed by atoms with E-state index in [-0.39, 0.29) is 29.9 Å². The Morgan fingerprint density at radius 3 is 2.40 bits per heavy atom. The summed E-state index contributed by atoms with van der Waals surface area (Å²) in [7, 11) is 1.71. The summed E-state index contributed by atoms with van der Waals surface area (Å²) >= 11 is 0. The number of rotatable bonds is 6. The van der Waals surface area contributed by atoms with Crippen molar-refractivity contribution < 1.29 is 14.3 Å². The molecule has 4 aliphatic rings. The number of primary amides is 1. The monoisotopic (exact) mass is 416 g/mol. The van der Waals surface area contributed by atoms with Crippen LogP contribution in [-0.2, 0) is 14.3 Å². The van der Waals surface area contributed by atoms with Crippen LogP contribution in [0.4, 0.5) is 0 Å². The summed E-state index contributed by atoms with van der Waals surface area (Å²) in [6.45, 7) is 5.06. The lowest BCUT2D eigenvalue weighted by atomic mass is 9.66. The maximum atomic E-state index is 13.5. The minimum atomic E-state index is -0.571. The van der Waals surface area contributed by atoms with E-state index in [0.717, 1.165) is 51.9 Å². The second-order valence-electron chi connectivity index (χ2n) is 9.34. The number of amides is 2.